The van der Waals surface area contributed by atoms with Crippen molar-refractivity contribution in [1.82, 2.24) is 0 Å². The Balaban J connectivity index is 1.54. The lowest BCUT2D eigenvalue weighted by Gasteiger charge is -2.57. The predicted molar refractivity (Wildman–Crippen MR) is 122 cm³/mol. The first-order chi connectivity index (χ1) is 13.7. The Bertz CT molecular complexity index is 741. The highest BCUT2D eigenvalue weighted by Gasteiger charge is 2.58. The second-order valence-electron chi connectivity index (χ2n) is 11.6. The molecule has 0 aromatic heterocycles. The van der Waals surface area contributed by atoms with Crippen LogP contribution in [0.1, 0.15) is 86.0 Å². The van der Waals surface area contributed by atoms with Gasteiger partial charge in [-0.2, -0.15) is 0 Å². The average Bonchev–Trinajstić information content (AvgIpc) is 3.03. The van der Waals surface area contributed by atoms with Gasteiger partial charge >= 0.3 is 0 Å². The molecule has 0 bridgehead atoms. The summed E-state index contributed by atoms with van der Waals surface area (Å²) in [6, 6.07) is 0. The number of allylic oxidation sites excluding steroid dienone is 5. The van der Waals surface area contributed by atoms with Gasteiger partial charge in [0.25, 0.3) is 0 Å². The third-order valence-corrected chi connectivity index (χ3v) is 10.1. The molecule has 4 aliphatic rings. The first-order valence-corrected chi connectivity index (χ1v) is 12.2. The molecule has 3 saturated carbocycles. The van der Waals surface area contributed by atoms with Crippen LogP contribution in [0.2, 0.25) is 0 Å². The van der Waals surface area contributed by atoms with E-state index in [1.807, 2.05) is 0 Å². The molecule has 0 aromatic carbocycles. The predicted octanol–water partition coefficient (Wildman–Crippen LogP) is 7.54. The number of rotatable bonds is 4. The summed E-state index contributed by atoms with van der Waals surface area (Å²) in [6.07, 6.45) is 16.8. The molecule has 0 spiro atoms. The second-order valence-corrected chi connectivity index (χ2v) is 11.6. The van der Waals surface area contributed by atoms with Gasteiger partial charge in [-0.1, -0.05) is 63.6 Å². The molecule has 0 N–H and O–H groups in total. The number of ketones is 1. The highest BCUT2D eigenvalue weighted by atomic mass is 16.1. The first kappa shape index (κ1) is 21.1. The first-order valence-electron chi connectivity index (χ1n) is 12.2. The number of carbonyl (C=O) groups is 1. The van der Waals surface area contributed by atoms with E-state index >= 15 is 0 Å². The second kappa shape index (κ2) is 7.54. The van der Waals surface area contributed by atoms with E-state index in [9.17, 15) is 4.79 Å². The van der Waals surface area contributed by atoms with E-state index in [0.29, 0.717) is 28.4 Å². The number of Topliss-reactive ketones (excluding diaryl/α,β-unsaturated/α-hetero) is 1. The van der Waals surface area contributed by atoms with Crippen LogP contribution in [-0.4, -0.2) is 5.78 Å². The minimum Gasteiger partial charge on any atom is -0.299 e. The fraction of sp³-hybridized carbons (Fsp3) is 0.750. The van der Waals surface area contributed by atoms with Crippen LogP contribution in [0, 0.1) is 46.3 Å². The van der Waals surface area contributed by atoms with Gasteiger partial charge in [0.2, 0.25) is 0 Å². The van der Waals surface area contributed by atoms with Gasteiger partial charge in [-0.25, -0.2) is 0 Å². The van der Waals surface area contributed by atoms with Crippen LogP contribution < -0.4 is 0 Å². The normalized spacial score (nSPS) is 43.9. The molecule has 160 valence electrons. The number of fused-ring (bicyclic) bond motifs is 5. The molecule has 0 radical (unpaired) electrons. The summed E-state index contributed by atoms with van der Waals surface area (Å²) in [7, 11) is 0. The summed E-state index contributed by atoms with van der Waals surface area (Å²) >= 11 is 0. The molecule has 0 aliphatic heterocycles. The van der Waals surface area contributed by atoms with Crippen LogP contribution in [0.25, 0.3) is 0 Å². The van der Waals surface area contributed by atoms with Crippen molar-refractivity contribution >= 4 is 5.78 Å². The molecule has 4 rings (SSSR count). The fourth-order valence-corrected chi connectivity index (χ4v) is 8.02. The molecule has 0 saturated heterocycles. The van der Waals surface area contributed by atoms with E-state index in [-0.39, 0.29) is 0 Å². The van der Waals surface area contributed by atoms with Crippen molar-refractivity contribution in [1.29, 1.82) is 0 Å². The molecular formula is C28H42O. The lowest BCUT2D eigenvalue weighted by molar-refractivity contribution is -0.122. The molecule has 4 aliphatic carbocycles. The molecule has 0 unspecified atom stereocenters. The van der Waals surface area contributed by atoms with Gasteiger partial charge in [-0.15, -0.1) is 0 Å². The summed E-state index contributed by atoms with van der Waals surface area (Å²) < 4.78 is 0. The van der Waals surface area contributed by atoms with Crippen molar-refractivity contribution in [2.45, 2.75) is 86.0 Å². The van der Waals surface area contributed by atoms with Crippen LogP contribution in [0.3, 0.4) is 0 Å². The largest absolute Gasteiger partial charge is 0.299 e. The molecule has 1 heteroatoms. The van der Waals surface area contributed by atoms with Gasteiger partial charge in [0.15, 0.2) is 0 Å². The Labute approximate surface area is 179 Å². The van der Waals surface area contributed by atoms with Crippen molar-refractivity contribution in [3.05, 3.63) is 36.0 Å². The highest BCUT2D eigenvalue weighted by Crippen LogP contribution is 2.67. The molecular weight excluding hydrogens is 352 g/mol. The zero-order chi connectivity index (χ0) is 21.0. The van der Waals surface area contributed by atoms with Crippen LogP contribution in [0.4, 0.5) is 0 Å². The van der Waals surface area contributed by atoms with Gasteiger partial charge in [-0.05, 0) is 91.8 Å². The lowest BCUT2D eigenvalue weighted by Crippen LogP contribution is -2.50. The minimum absolute atomic E-state index is 0.304. The molecule has 1 nitrogen and oxygen atoms in total. The van der Waals surface area contributed by atoms with Gasteiger partial charge in [0.1, 0.15) is 5.78 Å². The maximum Gasteiger partial charge on any atom is 0.136 e. The van der Waals surface area contributed by atoms with Crippen molar-refractivity contribution in [2.24, 2.45) is 46.3 Å². The van der Waals surface area contributed by atoms with E-state index in [2.05, 4.69) is 59.4 Å². The summed E-state index contributed by atoms with van der Waals surface area (Å²) in [5.74, 6) is 4.93. The Morgan fingerprint density at radius 2 is 1.90 bits per heavy atom. The van der Waals surface area contributed by atoms with E-state index in [1.165, 1.54) is 43.3 Å². The molecule has 0 aromatic rings. The van der Waals surface area contributed by atoms with Gasteiger partial charge < -0.3 is 0 Å². The topological polar surface area (TPSA) is 17.1 Å². The van der Waals surface area contributed by atoms with Gasteiger partial charge in [0.05, 0.1) is 0 Å². The summed E-state index contributed by atoms with van der Waals surface area (Å²) in [5, 5.41) is 0. The quantitative estimate of drug-likeness (QED) is 0.450. The smallest absolute Gasteiger partial charge is 0.136 e. The van der Waals surface area contributed by atoms with E-state index in [1.54, 1.807) is 0 Å². The number of carbonyl (C=O) groups excluding carboxylic acids is 1. The maximum atomic E-state index is 12.1. The van der Waals surface area contributed by atoms with Crippen molar-refractivity contribution in [2.75, 3.05) is 0 Å². The minimum atomic E-state index is 0.304. The highest BCUT2D eigenvalue weighted by molar-refractivity contribution is 5.82. The van der Waals surface area contributed by atoms with Gasteiger partial charge in [-0.3, -0.25) is 4.79 Å². The zero-order valence-electron chi connectivity index (χ0n) is 19.5. The summed E-state index contributed by atoms with van der Waals surface area (Å²) in [6.45, 7) is 16.1. The van der Waals surface area contributed by atoms with Crippen molar-refractivity contribution < 1.29 is 4.79 Å². The summed E-state index contributed by atoms with van der Waals surface area (Å²) in [5.41, 5.74) is 3.55. The Morgan fingerprint density at radius 3 is 2.62 bits per heavy atom. The van der Waals surface area contributed by atoms with Crippen LogP contribution in [-0.2, 0) is 4.79 Å². The number of hydrogen-bond acceptors (Lipinski definition) is 1. The van der Waals surface area contributed by atoms with E-state index < -0.39 is 0 Å². The molecule has 3 fully saturated rings. The van der Waals surface area contributed by atoms with E-state index in [4.69, 9.17) is 0 Å². The molecule has 0 amide bonds. The Kier molecular flexibility index (Phi) is 5.50. The zero-order valence-corrected chi connectivity index (χ0v) is 19.5. The number of hydrogen-bond donors (Lipinski definition) is 0. The molecule has 29 heavy (non-hydrogen) atoms. The van der Waals surface area contributed by atoms with E-state index in [0.717, 1.165) is 42.9 Å². The summed E-state index contributed by atoms with van der Waals surface area (Å²) in [4.78, 5) is 12.1. The Morgan fingerprint density at radius 1 is 1.14 bits per heavy atom. The SMILES string of the molecule is C=C(C)[C@@H](C)/C=C/[C@@H](C)[C@H]1CC[C@H]2[C@@H]3CC=C4CC(=O)CC[C@]4(C)[C@H]3CC[C@]12C. The third kappa shape index (κ3) is 3.41. The molecule has 0 heterocycles. The average molecular weight is 395 g/mol. The van der Waals surface area contributed by atoms with Crippen LogP contribution in [0.15, 0.2) is 36.0 Å². The third-order valence-electron chi connectivity index (χ3n) is 10.1. The standard InChI is InChI=1S/C28H42O/c1-18(2)19(3)7-8-20(4)24-11-12-25-23-10-9-21-17-22(29)13-15-27(21,5)26(23)14-16-28(24,25)6/h7-9,19-20,23-26H,1,10-17H2,2-6H3/b8-7+/t19-,20+,23-,24+,25-,26-,27-,28+/m0/s1. The van der Waals surface area contributed by atoms with Crippen molar-refractivity contribution in [3.8, 4) is 0 Å². The monoisotopic (exact) mass is 394 g/mol. The lowest BCUT2D eigenvalue weighted by atomic mass is 9.47. The Hall–Kier alpha value is -1.11. The molecule has 8 atom stereocenters. The maximum absolute atomic E-state index is 12.1. The van der Waals surface area contributed by atoms with Crippen molar-refractivity contribution in [3.63, 3.8) is 0 Å². The van der Waals surface area contributed by atoms with Crippen LogP contribution in [0.5, 0.6) is 0 Å². The fourth-order valence-electron chi connectivity index (χ4n) is 8.02. The van der Waals surface area contributed by atoms with Gasteiger partial charge in [0, 0.05) is 12.8 Å². The van der Waals surface area contributed by atoms with Crippen LogP contribution >= 0.6 is 0 Å².